The number of ether oxygens (including phenoxy) is 1. The van der Waals surface area contributed by atoms with Crippen molar-refractivity contribution in [1.29, 1.82) is 0 Å². The van der Waals surface area contributed by atoms with E-state index >= 15 is 0 Å². The maximum atomic E-state index is 12.8. The lowest BCUT2D eigenvalue weighted by Crippen LogP contribution is -2.29. The number of aromatic nitrogens is 3. The van der Waals surface area contributed by atoms with Crippen LogP contribution in [0.5, 0.6) is 0 Å². The highest BCUT2D eigenvalue weighted by molar-refractivity contribution is 5.98. The first-order valence-corrected chi connectivity index (χ1v) is 8.57. The smallest absolute Gasteiger partial charge is 0.307 e. The molecule has 1 amide bonds. The molecular formula is C20H20N4O3. The summed E-state index contributed by atoms with van der Waals surface area (Å²) in [5.41, 5.74) is 2.66. The van der Waals surface area contributed by atoms with E-state index in [1.807, 2.05) is 60.7 Å². The number of hydrogen-bond acceptors (Lipinski definition) is 5. The Balaban J connectivity index is 1.88. The molecule has 0 atom stereocenters. The van der Waals surface area contributed by atoms with Crippen LogP contribution in [0.3, 0.4) is 0 Å². The Morgan fingerprint density at radius 3 is 2.37 bits per heavy atom. The minimum atomic E-state index is -0.380. The van der Waals surface area contributed by atoms with Gasteiger partial charge in [-0.2, -0.15) is 0 Å². The van der Waals surface area contributed by atoms with Crippen molar-refractivity contribution in [1.82, 2.24) is 20.3 Å². The molecule has 0 bridgehead atoms. The van der Waals surface area contributed by atoms with Gasteiger partial charge in [0.2, 0.25) is 0 Å². The van der Waals surface area contributed by atoms with E-state index in [0.717, 1.165) is 11.1 Å². The van der Waals surface area contributed by atoms with Crippen LogP contribution in [-0.4, -0.2) is 40.5 Å². The molecule has 0 spiro atoms. The van der Waals surface area contributed by atoms with Gasteiger partial charge in [0.25, 0.3) is 5.91 Å². The van der Waals surface area contributed by atoms with Gasteiger partial charge in [0.05, 0.1) is 20.1 Å². The van der Waals surface area contributed by atoms with E-state index in [9.17, 15) is 9.59 Å². The number of esters is 1. The summed E-state index contributed by atoms with van der Waals surface area (Å²) in [6.45, 7) is 0.594. The molecule has 1 aromatic heterocycles. The zero-order chi connectivity index (χ0) is 19.1. The zero-order valence-electron chi connectivity index (χ0n) is 15.0. The second kappa shape index (κ2) is 8.75. The summed E-state index contributed by atoms with van der Waals surface area (Å²) in [5.74, 6) is -0.715. The Morgan fingerprint density at radius 2 is 1.70 bits per heavy atom. The minimum absolute atomic E-state index is 0.100. The van der Waals surface area contributed by atoms with E-state index in [4.69, 9.17) is 0 Å². The minimum Gasteiger partial charge on any atom is -0.469 e. The molecule has 2 aromatic carbocycles. The van der Waals surface area contributed by atoms with Crippen LogP contribution >= 0.6 is 0 Å². The molecule has 0 aliphatic rings. The van der Waals surface area contributed by atoms with Crippen molar-refractivity contribution in [2.75, 3.05) is 13.7 Å². The molecule has 27 heavy (non-hydrogen) atoms. The number of nitrogens with one attached hydrogen (secondary N) is 1. The average molecular weight is 364 g/mol. The lowest BCUT2D eigenvalue weighted by Gasteiger charge is -2.09. The molecular weight excluding hydrogens is 344 g/mol. The Kier molecular flexibility index (Phi) is 5.94. The largest absolute Gasteiger partial charge is 0.469 e. The SMILES string of the molecule is COC(=O)CCNC(=O)c1c(-c2ccccc2)nnn1Cc1ccccc1. The van der Waals surface area contributed by atoms with Gasteiger partial charge in [-0.25, -0.2) is 4.68 Å². The Morgan fingerprint density at radius 1 is 1.04 bits per heavy atom. The van der Waals surface area contributed by atoms with Gasteiger partial charge in [0.1, 0.15) is 5.69 Å². The average Bonchev–Trinajstić information content (AvgIpc) is 3.12. The highest BCUT2D eigenvalue weighted by atomic mass is 16.5. The first-order chi connectivity index (χ1) is 13.2. The van der Waals surface area contributed by atoms with Crippen LogP contribution in [0, 0.1) is 0 Å². The zero-order valence-corrected chi connectivity index (χ0v) is 15.0. The van der Waals surface area contributed by atoms with Gasteiger partial charge >= 0.3 is 5.97 Å². The standard InChI is InChI=1S/C20H20N4O3/c1-27-17(25)12-13-21-20(26)19-18(16-10-6-3-7-11-16)22-23-24(19)14-15-8-4-2-5-9-15/h2-11H,12-14H2,1H3,(H,21,26). The summed E-state index contributed by atoms with van der Waals surface area (Å²) < 4.78 is 6.17. The van der Waals surface area contributed by atoms with E-state index in [2.05, 4.69) is 20.4 Å². The van der Waals surface area contributed by atoms with Crippen LogP contribution in [-0.2, 0) is 16.1 Å². The fourth-order valence-corrected chi connectivity index (χ4v) is 2.66. The molecule has 0 radical (unpaired) electrons. The number of carbonyl (C=O) groups is 2. The van der Waals surface area contributed by atoms with Crippen LogP contribution in [0.2, 0.25) is 0 Å². The maximum absolute atomic E-state index is 12.8. The van der Waals surface area contributed by atoms with Crippen LogP contribution in [0.4, 0.5) is 0 Å². The number of nitrogens with zero attached hydrogens (tertiary/aromatic N) is 3. The summed E-state index contributed by atoms with van der Waals surface area (Å²) in [6.07, 6.45) is 0.100. The molecule has 1 N–H and O–H groups in total. The van der Waals surface area contributed by atoms with Crippen molar-refractivity contribution in [3.63, 3.8) is 0 Å². The molecule has 7 heteroatoms. The number of rotatable bonds is 7. The number of hydrogen-bond donors (Lipinski definition) is 1. The fourth-order valence-electron chi connectivity index (χ4n) is 2.66. The van der Waals surface area contributed by atoms with Crippen LogP contribution in [0.15, 0.2) is 60.7 Å². The molecule has 0 saturated heterocycles. The van der Waals surface area contributed by atoms with Gasteiger partial charge in [-0.05, 0) is 5.56 Å². The topological polar surface area (TPSA) is 86.1 Å². The third kappa shape index (κ3) is 4.58. The molecule has 0 unspecified atom stereocenters. The molecule has 138 valence electrons. The molecule has 7 nitrogen and oxygen atoms in total. The second-order valence-electron chi connectivity index (χ2n) is 5.88. The normalized spacial score (nSPS) is 10.4. The predicted octanol–water partition coefficient (Wildman–Crippen LogP) is 2.29. The number of amides is 1. The lowest BCUT2D eigenvalue weighted by atomic mass is 10.1. The van der Waals surface area contributed by atoms with Crippen molar-refractivity contribution >= 4 is 11.9 Å². The monoisotopic (exact) mass is 364 g/mol. The van der Waals surface area contributed by atoms with Gasteiger partial charge in [0.15, 0.2) is 5.69 Å². The second-order valence-corrected chi connectivity index (χ2v) is 5.88. The molecule has 0 aliphatic heterocycles. The molecule has 3 rings (SSSR count). The first-order valence-electron chi connectivity index (χ1n) is 8.57. The summed E-state index contributed by atoms with van der Waals surface area (Å²) in [5, 5.41) is 11.2. The number of carbonyl (C=O) groups excluding carboxylic acids is 2. The van der Waals surface area contributed by atoms with E-state index in [0.29, 0.717) is 17.9 Å². The molecule has 0 saturated carbocycles. The van der Waals surface area contributed by atoms with Gasteiger partial charge in [-0.3, -0.25) is 9.59 Å². The van der Waals surface area contributed by atoms with Crippen LogP contribution < -0.4 is 5.32 Å². The van der Waals surface area contributed by atoms with Crippen molar-refractivity contribution in [2.45, 2.75) is 13.0 Å². The number of benzene rings is 2. The highest BCUT2D eigenvalue weighted by Crippen LogP contribution is 2.21. The van der Waals surface area contributed by atoms with Crippen molar-refractivity contribution in [3.8, 4) is 11.3 Å². The van der Waals surface area contributed by atoms with Crippen LogP contribution in [0.1, 0.15) is 22.5 Å². The van der Waals surface area contributed by atoms with Gasteiger partial charge in [-0.1, -0.05) is 65.9 Å². The maximum Gasteiger partial charge on any atom is 0.307 e. The van der Waals surface area contributed by atoms with Crippen molar-refractivity contribution < 1.29 is 14.3 Å². The summed E-state index contributed by atoms with van der Waals surface area (Å²) in [6, 6.07) is 19.1. The van der Waals surface area contributed by atoms with E-state index in [1.54, 1.807) is 4.68 Å². The third-order valence-corrected chi connectivity index (χ3v) is 4.01. The van der Waals surface area contributed by atoms with Gasteiger partial charge in [0, 0.05) is 12.1 Å². The van der Waals surface area contributed by atoms with Gasteiger partial charge in [-0.15, -0.1) is 5.10 Å². The summed E-state index contributed by atoms with van der Waals surface area (Å²) in [4.78, 5) is 24.1. The third-order valence-electron chi connectivity index (χ3n) is 4.01. The van der Waals surface area contributed by atoms with Crippen LogP contribution in [0.25, 0.3) is 11.3 Å². The lowest BCUT2D eigenvalue weighted by molar-refractivity contribution is -0.140. The molecule has 0 fully saturated rings. The molecule has 3 aromatic rings. The molecule has 0 aliphatic carbocycles. The Hall–Kier alpha value is -3.48. The predicted molar refractivity (Wildman–Crippen MR) is 100.0 cm³/mol. The summed E-state index contributed by atoms with van der Waals surface area (Å²) >= 11 is 0. The van der Waals surface area contributed by atoms with E-state index < -0.39 is 0 Å². The van der Waals surface area contributed by atoms with E-state index in [-0.39, 0.29) is 24.8 Å². The van der Waals surface area contributed by atoms with Gasteiger partial charge < -0.3 is 10.1 Å². The summed E-state index contributed by atoms with van der Waals surface area (Å²) in [7, 11) is 1.32. The van der Waals surface area contributed by atoms with Crippen molar-refractivity contribution in [3.05, 3.63) is 71.9 Å². The quantitative estimate of drug-likeness (QED) is 0.650. The van der Waals surface area contributed by atoms with Crippen molar-refractivity contribution in [2.24, 2.45) is 0 Å². The molecule has 1 heterocycles. The van der Waals surface area contributed by atoms with E-state index in [1.165, 1.54) is 7.11 Å². The Bertz CT molecular complexity index is 907. The number of methoxy groups -OCH3 is 1. The Labute approximate surface area is 157 Å². The highest BCUT2D eigenvalue weighted by Gasteiger charge is 2.21. The fraction of sp³-hybridized carbons (Fsp3) is 0.200. The first kappa shape index (κ1) is 18.3.